The summed E-state index contributed by atoms with van der Waals surface area (Å²) in [5, 5.41) is 8.15. The number of aliphatic hydroxyl groups excluding tert-OH is 1. The molecule has 58 valence electrons. The van der Waals surface area contributed by atoms with Crippen molar-refractivity contribution in [3.8, 4) is 0 Å². The lowest BCUT2D eigenvalue weighted by molar-refractivity contribution is -0.146. The van der Waals surface area contributed by atoms with Gasteiger partial charge in [-0.1, -0.05) is 13.8 Å². The summed E-state index contributed by atoms with van der Waals surface area (Å²) in [5.74, 6) is -0.356. The van der Waals surface area contributed by atoms with Gasteiger partial charge in [0.05, 0.1) is 12.2 Å². The first-order valence-corrected chi connectivity index (χ1v) is 3.14. The molecule has 0 bridgehead atoms. The summed E-state index contributed by atoms with van der Waals surface area (Å²) in [6.45, 7) is 3.66. The minimum Gasteiger partial charge on any atom is -0.516 e. The zero-order valence-electron chi connectivity index (χ0n) is 6.20. The van der Waals surface area contributed by atoms with E-state index in [-0.39, 0.29) is 18.5 Å². The van der Waals surface area contributed by atoms with Crippen molar-refractivity contribution >= 4 is 5.97 Å². The summed E-state index contributed by atoms with van der Waals surface area (Å²) >= 11 is 0. The van der Waals surface area contributed by atoms with Gasteiger partial charge in [-0.2, -0.15) is 0 Å². The molecule has 0 rings (SSSR count). The maximum absolute atomic E-state index is 10.7. The van der Waals surface area contributed by atoms with Crippen molar-refractivity contribution < 1.29 is 14.6 Å². The molecule has 0 heterocycles. The molecule has 3 nitrogen and oxygen atoms in total. The van der Waals surface area contributed by atoms with Crippen LogP contribution in [0.5, 0.6) is 0 Å². The summed E-state index contributed by atoms with van der Waals surface area (Å²) in [6, 6.07) is 0. The summed E-state index contributed by atoms with van der Waals surface area (Å²) < 4.78 is 4.66. The number of hydrogen-bond acceptors (Lipinski definition) is 3. The number of aliphatic hydroxyl groups is 1. The van der Waals surface area contributed by atoms with Gasteiger partial charge in [-0.15, -0.1) is 0 Å². The topological polar surface area (TPSA) is 46.5 Å². The Bertz CT molecular complexity index is 127. The van der Waals surface area contributed by atoms with Crippen LogP contribution in [0.1, 0.15) is 13.8 Å². The van der Waals surface area contributed by atoms with Crippen LogP contribution in [0, 0.1) is 5.92 Å². The standard InChI is InChI=1S/C7H12O3/c1-6(2)7(9)10-5-3-4-8/h3-4,6,8H,5H2,1-2H3. The average molecular weight is 144 g/mol. The van der Waals surface area contributed by atoms with Crippen LogP contribution in [0.15, 0.2) is 12.3 Å². The second-order valence-electron chi connectivity index (χ2n) is 2.17. The van der Waals surface area contributed by atoms with E-state index in [4.69, 9.17) is 5.11 Å². The lowest BCUT2D eigenvalue weighted by Crippen LogP contribution is -2.11. The SMILES string of the molecule is CC(C)C(=O)OCC=CO. The lowest BCUT2D eigenvalue weighted by atomic mass is 10.2. The highest BCUT2D eigenvalue weighted by atomic mass is 16.5. The van der Waals surface area contributed by atoms with Crippen molar-refractivity contribution in [3.63, 3.8) is 0 Å². The third-order valence-corrected chi connectivity index (χ3v) is 0.899. The van der Waals surface area contributed by atoms with E-state index in [1.54, 1.807) is 13.8 Å². The van der Waals surface area contributed by atoms with Crippen molar-refractivity contribution in [1.82, 2.24) is 0 Å². The number of esters is 1. The smallest absolute Gasteiger partial charge is 0.308 e. The third-order valence-electron chi connectivity index (χ3n) is 0.899. The van der Waals surface area contributed by atoms with Gasteiger partial charge in [-0.3, -0.25) is 4.79 Å². The van der Waals surface area contributed by atoms with Crippen LogP contribution in [0.3, 0.4) is 0 Å². The van der Waals surface area contributed by atoms with Gasteiger partial charge in [-0.05, 0) is 6.08 Å². The largest absolute Gasteiger partial charge is 0.516 e. The number of rotatable bonds is 3. The van der Waals surface area contributed by atoms with Crippen LogP contribution in [0.2, 0.25) is 0 Å². The molecule has 0 aliphatic heterocycles. The van der Waals surface area contributed by atoms with Gasteiger partial charge in [0, 0.05) is 0 Å². The molecule has 0 aromatic heterocycles. The van der Waals surface area contributed by atoms with E-state index in [0.29, 0.717) is 0 Å². The maximum Gasteiger partial charge on any atom is 0.308 e. The number of carbonyl (C=O) groups excluding carboxylic acids is 1. The molecule has 0 aliphatic carbocycles. The number of hydrogen-bond donors (Lipinski definition) is 1. The Morgan fingerprint density at radius 1 is 1.70 bits per heavy atom. The minimum absolute atomic E-state index is 0.105. The zero-order chi connectivity index (χ0) is 7.98. The van der Waals surface area contributed by atoms with Gasteiger partial charge in [0.25, 0.3) is 0 Å². The number of carbonyl (C=O) groups is 1. The molecule has 0 amide bonds. The Hall–Kier alpha value is -0.990. The molecule has 3 heteroatoms. The molecule has 0 unspecified atom stereocenters. The Morgan fingerprint density at radius 3 is 2.70 bits per heavy atom. The van der Waals surface area contributed by atoms with Crippen LogP contribution in [-0.4, -0.2) is 17.7 Å². The fraction of sp³-hybridized carbons (Fsp3) is 0.571. The normalized spacial score (nSPS) is 10.7. The Labute approximate surface area is 60.3 Å². The summed E-state index contributed by atoms with van der Waals surface area (Å²) in [6.07, 6.45) is 2.22. The molecule has 0 radical (unpaired) electrons. The van der Waals surface area contributed by atoms with Crippen LogP contribution in [0.25, 0.3) is 0 Å². The Morgan fingerprint density at radius 2 is 2.30 bits per heavy atom. The molecular formula is C7H12O3. The van der Waals surface area contributed by atoms with Crippen LogP contribution >= 0.6 is 0 Å². The second-order valence-corrected chi connectivity index (χ2v) is 2.17. The summed E-state index contributed by atoms with van der Waals surface area (Å²) in [4.78, 5) is 10.7. The number of ether oxygens (including phenoxy) is 1. The predicted octanol–water partition coefficient (Wildman–Crippen LogP) is 1.26. The van der Waals surface area contributed by atoms with Gasteiger partial charge in [0.15, 0.2) is 0 Å². The first-order valence-electron chi connectivity index (χ1n) is 3.14. The highest BCUT2D eigenvalue weighted by Gasteiger charge is 2.05. The highest BCUT2D eigenvalue weighted by Crippen LogP contribution is 1.94. The molecule has 0 aromatic rings. The molecule has 0 aromatic carbocycles. The first-order chi connectivity index (χ1) is 4.68. The molecule has 0 saturated carbocycles. The van der Waals surface area contributed by atoms with Crippen LogP contribution in [0.4, 0.5) is 0 Å². The molecular weight excluding hydrogens is 132 g/mol. The quantitative estimate of drug-likeness (QED) is 0.479. The Balaban J connectivity index is 3.40. The second kappa shape index (κ2) is 4.85. The third kappa shape index (κ3) is 3.95. The Kier molecular flexibility index (Phi) is 4.37. The summed E-state index contributed by atoms with van der Waals surface area (Å²) in [5.41, 5.74) is 0. The zero-order valence-corrected chi connectivity index (χ0v) is 6.20. The summed E-state index contributed by atoms with van der Waals surface area (Å²) in [7, 11) is 0. The minimum atomic E-state index is -0.252. The lowest BCUT2D eigenvalue weighted by Gasteiger charge is -2.02. The van der Waals surface area contributed by atoms with Crippen LogP contribution in [-0.2, 0) is 9.53 Å². The van der Waals surface area contributed by atoms with Gasteiger partial charge in [0.2, 0.25) is 0 Å². The molecule has 1 N–H and O–H groups in total. The van der Waals surface area contributed by atoms with E-state index in [0.717, 1.165) is 6.26 Å². The van der Waals surface area contributed by atoms with E-state index in [9.17, 15) is 4.79 Å². The van der Waals surface area contributed by atoms with E-state index >= 15 is 0 Å². The monoisotopic (exact) mass is 144 g/mol. The fourth-order valence-corrected chi connectivity index (χ4v) is 0.340. The van der Waals surface area contributed by atoms with Gasteiger partial charge < -0.3 is 9.84 Å². The van der Waals surface area contributed by atoms with Crippen molar-refractivity contribution in [2.24, 2.45) is 5.92 Å². The predicted molar refractivity (Wildman–Crippen MR) is 37.6 cm³/mol. The molecule has 0 atom stereocenters. The first kappa shape index (κ1) is 9.01. The molecule has 0 saturated heterocycles. The average Bonchev–Trinajstić information content (AvgIpc) is 1.88. The van der Waals surface area contributed by atoms with E-state index < -0.39 is 0 Å². The van der Waals surface area contributed by atoms with Crippen molar-refractivity contribution in [2.45, 2.75) is 13.8 Å². The molecule has 0 spiro atoms. The highest BCUT2D eigenvalue weighted by molar-refractivity contribution is 5.71. The van der Waals surface area contributed by atoms with Gasteiger partial charge >= 0.3 is 5.97 Å². The van der Waals surface area contributed by atoms with Crippen molar-refractivity contribution in [2.75, 3.05) is 6.61 Å². The van der Waals surface area contributed by atoms with Crippen molar-refractivity contribution in [3.05, 3.63) is 12.3 Å². The van der Waals surface area contributed by atoms with Crippen molar-refractivity contribution in [1.29, 1.82) is 0 Å². The van der Waals surface area contributed by atoms with Gasteiger partial charge in [0.1, 0.15) is 6.61 Å². The molecule has 10 heavy (non-hydrogen) atoms. The van der Waals surface area contributed by atoms with Gasteiger partial charge in [-0.25, -0.2) is 0 Å². The maximum atomic E-state index is 10.7. The van der Waals surface area contributed by atoms with Crippen LogP contribution < -0.4 is 0 Å². The van der Waals surface area contributed by atoms with E-state index in [2.05, 4.69) is 4.74 Å². The fourth-order valence-electron chi connectivity index (χ4n) is 0.340. The molecule has 0 aliphatic rings. The van der Waals surface area contributed by atoms with E-state index in [1.165, 1.54) is 6.08 Å². The van der Waals surface area contributed by atoms with E-state index in [1.807, 2.05) is 0 Å². The molecule has 0 fully saturated rings.